The molecule has 20 heavy (non-hydrogen) atoms. The summed E-state index contributed by atoms with van der Waals surface area (Å²) in [6.07, 6.45) is 0.709. The highest BCUT2D eigenvalue weighted by Crippen LogP contribution is 2.14. The third kappa shape index (κ3) is 2.07. The van der Waals surface area contributed by atoms with Crippen molar-refractivity contribution in [2.24, 2.45) is 0 Å². The number of fused-ring (bicyclic) bond motifs is 1. The molecule has 3 aromatic rings. The number of rotatable bonds is 2. The highest BCUT2D eigenvalue weighted by Gasteiger charge is 2.26. The van der Waals surface area contributed by atoms with Gasteiger partial charge in [0.25, 0.3) is 0 Å². The molecule has 0 unspecified atom stereocenters. The summed E-state index contributed by atoms with van der Waals surface area (Å²) in [5.41, 5.74) is 1.43. The van der Waals surface area contributed by atoms with Gasteiger partial charge in [-0.05, 0) is 29.3 Å². The van der Waals surface area contributed by atoms with Crippen LogP contribution in [0, 0.1) is 0 Å². The molecule has 1 amide bonds. The first-order valence-electron chi connectivity index (χ1n) is 6.25. The maximum atomic E-state index is 11.6. The molecule has 0 bridgehead atoms. The van der Waals surface area contributed by atoms with E-state index in [2.05, 4.69) is 0 Å². The van der Waals surface area contributed by atoms with E-state index in [1.54, 1.807) is 23.0 Å². The van der Waals surface area contributed by atoms with E-state index in [9.17, 15) is 9.90 Å². The Morgan fingerprint density at radius 2 is 1.55 bits per heavy atom. The Balaban J connectivity index is 2.23. The molecule has 0 aliphatic carbocycles. The van der Waals surface area contributed by atoms with Gasteiger partial charge in [0.15, 0.2) is 0 Å². The molecule has 1 N–H and O–H groups in total. The van der Waals surface area contributed by atoms with E-state index in [0.29, 0.717) is 5.69 Å². The smallest absolute Gasteiger partial charge is 0.461 e. The summed E-state index contributed by atoms with van der Waals surface area (Å²) in [6, 6.07) is 20.5. The van der Waals surface area contributed by atoms with Crippen LogP contribution in [0.4, 0.5) is 10.5 Å². The number of amides is 1. The molecular formula is C16H13N2O2+. The van der Waals surface area contributed by atoms with Gasteiger partial charge in [0.2, 0.25) is 11.7 Å². The number of carbonyl (C=O) groups is 1. The summed E-state index contributed by atoms with van der Waals surface area (Å²) in [4.78, 5) is 11.6. The molecule has 4 nitrogen and oxygen atoms in total. The summed E-state index contributed by atoms with van der Waals surface area (Å²) < 4.78 is 1.63. The average Bonchev–Trinajstić information content (AvgIpc) is 2.48. The summed E-state index contributed by atoms with van der Waals surface area (Å²) in [5.74, 6) is 0. The van der Waals surface area contributed by atoms with Crippen LogP contribution in [-0.4, -0.2) is 11.2 Å². The monoisotopic (exact) mass is 265 g/mol. The van der Waals surface area contributed by atoms with E-state index in [0.717, 1.165) is 10.9 Å². The molecule has 1 heterocycles. The predicted octanol–water partition coefficient (Wildman–Crippen LogP) is 3.08. The van der Waals surface area contributed by atoms with Gasteiger partial charge in [-0.15, -0.1) is 0 Å². The second kappa shape index (κ2) is 5.01. The normalized spacial score (nSPS) is 10.4. The first-order valence-corrected chi connectivity index (χ1v) is 6.25. The van der Waals surface area contributed by atoms with E-state index in [4.69, 9.17) is 0 Å². The number of nitrogens with zero attached hydrogens (tertiary/aromatic N) is 2. The minimum Gasteiger partial charge on any atom is -0.461 e. The summed E-state index contributed by atoms with van der Waals surface area (Å²) >= 11 is 0. The SMILES string of the molecule is O=C(O)N(c1ccccc1)[n+]1cccc2ccccc21. The average molecular weight is 265 g/mol. The van der Waals surface area contributed by atoms with Gasteiger partial charge in [-0.3, -0.25) is 0 Å². The van der Waals surface area contributed by atoms with Crippen molar-refractivity contribution in [3.8, 4) is 0 Å². The maximum absolute atomic E-state index is 11.6. The summed E-state index contributed by atoms with van der Waals surface area (Å²) in [7, 11) is 0. The molecule has 0 radical (unpaired) electrons. The molecule has 0 atom stereocenters. The Bertz CT molecular complexity index is 751. The van der Waals surface area contributed by atoms with Crippen molar-refractivity contribution in [2.75, 3.05) is 5.01 Å². The Labute approximate surface area is 116 Å². The van der Waals surface area contributed by atoms with E-state index in [1.807, 2.05) is 54.6 Å². The van der Waals surface area contributed by atoms with Gasteiger partial charge in [0.05, 0.1) is 0 Å². The second-order valence-corrected chi connectivity index (χ2v) is 4.34. The molecule has 4 heteroatoms. The molecule has 3 rings (SSSR count). The lowest BCUT2D eigenvalue weighted by atomic mass is 10.2. The zero-order valence-electron chi connectivity index (χ0n) is 10.7. The maximum Gasteiger partial charge on any atom is 0.466 e. The number of hydrogen-bond donors (Lipinski definition) is 1. The highest BCUT2D eigenvalue weighted by atomic mass is 16.4. The lowest BCUT2D eigenvalue weighted by Crippen LogP contribution is -2.57. The molecule has 1 aromatic heterocycles. The fraction of sp³-hybridized carbons (Fsp3) is 0. The lowest BCUT2D eigenvalue weighted by Gasteiger charge is -2.13. The number of pyridine rings is 1. The number of anilines is 1. The van der Waals surface area contributed by atoms with E-state index in [-0.39, 0.29) is 0 Å². The first kappa shape index (κ1) is 12.2. The largest absolute Gasteiger partial charge is 0.466 e. The van der Waals surface area contributed by atoms with E-state index >= 15 is 0 Å². The van der Waals surface area contributed by atoms with Crippen LogP contribution < -0.4 is 9.69 Å². The molecule has 0 spiro atoms. The van der Waals surface area contributed by atoms with Crippen LogP contribution in [0.5, 0.6) is 0 Å². The van der Waals surface area contributed by atoms with Crippen LogP contribution in [0.3, 0.4) is 0 Å². The third-order valence-corrected chi connectivity index (χ3v) is 3.08. The molecule has 0 saturated heterocycles. The van der Waals surface area contributed by atoms with Gasteiger partial charge >= 0.3 is 6.09 Å². The van der Waals surface area contributed by atoms with Crippen molar-refractivity contribution in [3.05, 3.63) is 72.9 Å². The fourth-order valence-electron chi connectivity index (χ4n) is 2.22. The summed E-state index contributed by atoms with van der Waals surface area (Å²) in [5, 5.41) is 11.8. The first-order chi connectivity index (χ1) is 9.77. The van der Waals surface area contributed by atoms with Crippen molar-refractivity contribution in [3.63, 3.8) is 0 Å². The number of aromatic nitrogens is 1. The van der Waals surface area contributed by atoms with Crippen LogP contribution in [-0.2, 0) is 0 Å². The van der Waals surface area contributed by atoms with Crippen molar-refractivity contribution >= 4 is 22.7 Å². The molecule has 0 saturated carbocycles. The van der Waals surface area contributed by atoms with Gasteiger partial charge in [-0.2, -0.15) is 0 Å². The minimum absolute atomic E-state index is 0.598. The number of benzene rings is 2. The second-order valence-electron chi connectivity index (χ2n) is 4.34. The van der Waals surface area contributed by atoms with Gasteiger partial charge in [-0.25, -0.2) is 4.79 Å². The topological polar surface area (TPSA) is 44.4 Å². The predicted molar refractivity (Wildman–Crippen MR) is 76.5 cm³/mol. The molecule has 0 aliphatic rings. The molecule has 2 aromatic carbocycles. The Kier molecular flexibility index (Phi) is 3.05. The zero-order chi connectivity index (χ0) is 13.9. The van der Waals surface area contributed by atoms with Crippen LogP contribution in [0.25, 0.3) is 10.9 Å². The molecule has 98 valence electrons. The Morgan fingerprint density at radius 3 is 2.30 bits per heavy atom. The van der Waals surface area contributed by atoms with Crippen molar-refractivity contribution in [1.29, 1.82) is 0 Å². The van der Waals surface area contributed by atoms with Crippen molar-refractivity contribution < 1.29 is 14.6 Å². The lowest BCUT2D eigenvalue weighted by molar-refractivity contribution is -0.648. The third-order valence-electron chi connectivity index (χ3n) is 3.08. The quantitative estimate of drug-likeness (QED) is 0.724. The van der Waals surface area contributed by atoms with Crippen LogP contribution >= 0.6 is 0 Å². The van der Waals surface area contributed by atoms with Crippen LogP contribution in [0.1, 0.15) is 0 Å². The van der Waals surface area contributed by atoms with Crippen molar-refractivity contribution in [2.45, 2.75) is 0 Å². The molecule has 0 aliphatic heterocycles. The van der Waals surface area contributed by atoms with Gasteiger partial charge in [-0.1, -0.05) is 35.0 Å². The highest BCUT2D eigenvalue weighted by molar-refractivity contribution is 5.84. The molecular weight excluding hydrogens is 252 g/mol. The minimum atomic E-state index is -1.03. The standard InChI is InChI=1S/C16H12N2O2/c19-16(20)18(14-9-2-1-3-10-14)17-12-6-8-13-7-4-5-11-15(13)17/h1-12H/p+1. The summed E-state index contributed by atoms with van der Waals surface area (Å²) in [6.45, 7) is 0. The number of hydrogen-bond acceptors (Lipinski definition) is 1. The Hall–Kier alpha value is -2.88. The van der Waals surface area contributed by atoms with E-state index < -0.39 is 6.09 Å². The van der Waals surface area contributed by atoms with Gasteiger partial charge in [0.1, 0.15) is 5.69 Å². The fourth-order valence-corrected chi connectivity index (χ4v) is 2.22. The van der Waals surface area contributed by atoms with Gasteiger partial charge < -0.3 is 5.11 Å². The zero-order valence-corrected chi connectivity index (χ0v) is 10.7. The van der Waals surface area contributed by atoms with Crippen LogP contribution in [0.15, 0.2) is 72.9 Å². The van der Waals surface area contributed by atoms with Crippen LogP contribution in [0.2, 0.25) is 0 Å². The van der Waals surface area contributed by atoms with Gasteiger partial charge in [0, 0.05) is 17.5 Å². The van der Waals surface area contributed by atoms with E-state index in [1.165, 1.54) is 5.01 Å². The molecule has 0 fully saturated rings. The number of para-hydroxylation sites is 2. The number of carboxylic acid groups (broad SMARTS) is 1. The van der Waals surface area contributed by atoms with Crippen molar-refractivity contribution in [1.82, 2.24) is 0 Å². The Morgan fingerprint density at radius 1 is 0.900 bits per heavy atom.